The summed E-state index contributed by atoms with van der Waals surface area (Å²) in [5, 5.41) is 6.51. The van der Waals surface area contributed by atoms with Crippen molar-refractivity contribution in [2.45, 2.75) is 45.8 Å². The van der Waals surface area contributed by atoms with Crippen molar-refractivity contribution in [1.82, 2.24) is 10.3 Å². The molecular weight excluding hydrogens is 280 g/mol. The molecule has 0 aliphatic carbocycles. The zero-order chi connectivity index (χ0) is 15.1. The topological polar surface area (TPSA) is 34.1 Å². The first kappa shape index (κ1) is 16.0. The largest absolute Gasteiger partial charge is 0.487 e. The third-order valence-corrected chi connectivity index (χ3v) is 4.61. The minimum atomic E-state index is 0.548. The van der Waals surface area contributed by atoms with Gasteiger partial charge >= 0.3 is 0 Å². The Kier molecular flexibility index (Phi) is 6.21. The van der Waals surface area contributed by atoms with E-state index in [1.54, 1.807) is 11.3 Å². The molecule has 0 spiro atoms. The summed E-state index contributed by atoms with van der Waals surface area (Å²) in [6, 6.07) is 8.95. The first-order valence-corrected chi connectivity index (χ1v) is 8.41. The van der Waals surface area contributed by atoms with E-state index in [2.05, 4.69) is 41.7 Å². The highest BCUT2D eigenvalue weighted by Gasteiger charge is 2.03. The molecular formula is C17H24N2OS. The summed E-state index contributed by atoms with van der Waals surface area (Å²) in [7, 11) is 2.00. The van der Waals surface area contributed by atoms with Gasteiger partial charge in [0.1, 0.15) is 12.4 Å². The van der Waals surface area contributed by atoms with Gasteiger partial charge in [-0.15, -0.1) is 11.3 Å². The van der Waals surface area contributed by atoms with Crippen LogP contribution in [0, 0.1) is 0 Å². The molecule has 1 atom stereocenters. The standard InChI is InChI=1S/C17H24N2OS/c1-4-17-19-15(12-21-17)11-20-16-9-7-14(8-10-16)6-5-13(2)18-3/h7-10,12-13,18H,4-6,11H2,1-3H3. The van der Waals surface area contributed by atoms with Crippen LogP contribution in [0.3, 0.4) is 0 Å². The summed E-state index contributed by atoms with van der Waals surface area (Å²) >= 11 is 1.70. The summed E-state index contributed by atoms with van der Waals surface area (Å²) in [4.78, 5) is 4.51. The summed E-state index contributed by atoms with van der Waals surface area (Å²) in [6.45, 7) is 4.87. The Balaban J connectivity index is 1.81. The van der Waals surface area contributed by atoms with Gasteiger partial charge in [-0.05, 0) is 50.9 Å². The number of hydrogen-bond acceptors (Lipinski definition) is 4. The molecule has 0 aliphatic heterocycles. The Bertz CT molecular complexity index is 536. The molecule has 0 amide bonds. The second-order valence-corrected chi connectivity index (χ2v) is 6.19. The lowest BCUT2D eigenvalue weighted by molar-refractivity contribution is 0.302. The molecule has 0 bridgehead atoms. The van der Waals surface area contributed by atoms with Crippen molar-refractivity contribution in [1.29, 1.82) is 0 Å². The smallest absolute Gasteiger partial charge is 0.131 e. The van der Waals surface area contributed by atoms with Crippen molar-refractivity contribution in [2.75, 3.05) is 7.05 Å². The molecule has 1 aromatic carbocycles. The van der Waals surface area contributed by atoms with Gasteiger partial charge in [0.05, 0.1) is 10.7 Å². The van der Waals surface area contributed by atoms with Crippen LogP contribution in [0.5, 0.6) is 5.75 Å². The zero-order valence-electron chi connectivity index (χ0n) is 13.1. The molecule has 2 rings (SSSR count). The predicted octanol–water partition coefficient (Wildman–Crippen LogP) is 3.83. The second-order valence-electron chi connectivity index (χ2n) is 5.25. The zero-order valence-corrected chi connectivity index (χ0v) is 13.9. The third kappa shape index (κ3) is 5.14. The fraction of sp³-hybridized carbons (Fsp3) is 0.471. The number of aromatic nitrogens is 1. The van der Waals surface area contributed by atoms with Crippen molar-refractivity contribution >= 4 is 11.3 Å². The average molecular weight is 304 g/mol. The van der Waals surface area contributed by atoms with E-state index >= 15 is 0 Å². The summed E-state index contributed by atoms with van der Waals surface area (Å²) < 4.78 is 5.78. The van der Waals surface area contributed by atoms with Crippen LogP contribution in [0.25, 0.3) is 0 Å². The lowest BCUT2D eigenvalue weighted by atomic mass is 10.1. The maximum Gasteiger partial charge on any atom is 0.131 e. The quantitative estimate of drug-likeness (QED) is 0.805. The van der Waals surface area contributed by atoms with Crippen LogP contribution >= 0.6 is 11.3 Å². The Hall–Kier alpha value is -1.39. The number of nitrogens with one attached hydrogen (secondary N) is 1. The number of thiazole rings is 1. The molecule has 3 nitrogen and oxygen atoms in total. The normalized spacial score (nSPS) is 12.3. The molecule has 1 unspecified atom stereocenters. The molecule has 21 heavy (non-hydrogen) atoms. The fourth-order valence-electron chi connectivity index (χ4n) is 2.01. The molecule has 1 heterocycles. The van der Waals surface area contributed by atoms with Gasteiger partial charge in [0.25, 0.3) is 0 Å². The average Bonchev–Trinajstić information content (AvgIpc) is 2.99. The number of ether oxygens (including phenoxy) is 1. The first-order chi connectivity index (χ1) is 10.2. The molecule has 0 radical (unpaired) electrons. The van der Waals surface area contributed by atoms with E-state index in [-0.39, 0.29) is 0 Å². The third-order valence-electron chi connectivity index (χ3n) is 3.57. The van der Waals surface area contributed by atoms with E-state index in [4.69, 9.17) is 4.74 Å². The van der Waals surface area contributed by atoms with Crippen molar-refractivity contribution in [3.05, 3.63) is 45.9 Å². The van der Waals surface area contributed by atoms with E-state index in [9.17, 15) is 0 Å². The predicted molar refractivity (Wildman–Crippen MR) is 89.1 cm³/mol. The van der Waals surface area contributed by atoms with E-state index in [0.29, 0.717) is 12.6 Å². The SMILES string of the molecule is CCc1nc(COc2ccc(CCC(C)NC)cc2)cs1. The molecule has 114 valence electrons. The van der Waals surface area contributed by atoms with Crippen molar-refractivity contribution in [3.8, 4) is 5.75 Å². The minimum absolute atomic E-state index is 0.548. The molecule has 0 saturated heterocycles. The number of nitrogens with zero attached hydrogens (tertiary/aromatic N) is 1. The molecule has 0 saturated carbocycles. The molecule has 0 aliphatic rings. The summed E-state index contributed by atoms with van der Waals surface area (Å²) in [5.74, 6) is 0.909. The summed E-state index contributed by atoms with van der Waals surface area (Å²) in [5.41, 5.74) is 2.37. The van der Waals surface area contributed by atoms with Gasteiger partial charge in [0.2, 0.25) is 0 Å². The van der Waals surface area contributed by atoms with Crippen LogP contribution in [0.2, 0.25) is 0 Å². The second kappa shape index (κ2) is 8.15. The van der Waals surface area contributed by atoms with Crippen LogP contribution in [0.15, 0.2) is 29.6 Å². The number of hydrogen-bond donors (Lipinski definition) is 1. The highest BCUT2D eigenvalue weighted by Crippen LogP contribution is 2.17. The maximum atomic E-state index is 5.78. The molecule has 1 N–H and O–H groups in total. The summed E-state index contributed by atoms with van der Waals surface area (Å²) in [6.07, 6.45) is 3.23. The molecule has 1 aromatic heterocycles. The Morgan fingerprint density at radius 1 is 1.29 bits per heavy atom. The van der Waals surface area contributed by atoms with Gasteiger partial charge in [-0.25, -0.2) is 4.98 Å². The number of rotatable bonds is 8. The lowest BCUT2D eigenvalue weighted by Crippen LogP contribution is -2.21. The van der Waals surface area contributed by atoms with Crippen LogP contribution in [-0.2, 0) is 19.4 Å². The van der Waals surface area contributed by atoms with Gasteiger partial charge in [-0.3, -0.25) is 0 Å². The van der Waals surface area contributed by atoms with E-state index in [1.807, 2.05) is 19.2 Å². The van der Waals surface area contributed by atoms with Gasteiger partial charge in [-0.1, -0.05) is 19.1 Å². The highest BCUT2D eigenvalue weighted by atomic mass is 32.1. The van der Waals surface area contributed by atoms with Crippen molar-refractivity contribution < 1.29 is 4.74 Å². The minimum Gasteiger partial charge on any atom is -0.487 e. The van der Waals surface area contributed by atoms with Gasteiger partial charge in [0.15, 0.2) is 0 Å². The fourth-order valence-corrected chi connectivity index (χ4v) is 2.74. The monoisotopic (exact) mass is 304 g/mol. The van der Waals surface area contributed by atoms with Gasteiger partial charge < -0.3 is 10.1 Å². The van der Waals surface area contributed by atoms with E-state index in [1.165, 1.54) is 10.6 Å². The molecule has 4 heteroatoms. The lowest BCUT2D eigenvalue weighted by Gasteiger charge is -2.10. The highest BCUT2D eigenvalue weighted by molar-refractivity contribution is 7.09. The van der Waals surface area contributed by atoms with Gasteiger partial charge in [0, 0.05) is 11.4 Å². The number of aryl methyl sites for hydroxylation is 2. The van der Waals surface area contributed by atoms with Crippen molar-refractivity contribution in [2.24, 2.45) is 0 Å². The number of benzene rings is 1. The maximum absolute atomic E-state index is 5.78. The molecule has 2 aromatic rings. The Labute approximate surface area is 131 Å². The van der Waals surface area contributed by atoms with Crippen LogP contribution in [0.4, 0.5) is 0 Å². The molecule has 0 fully saturated rings. The van der Waals surface area contributed by atoms with E-state index in [0.717, 1.165) is 30.7 Å². The van der Waals surface area contributed by atoms with E-state index < -0.39 is 0 Å². The van der Waals surface area contributed by atoms with Crippen molar-refractivity contribution in [3.63, 3.8) is 0 Å². The Morgan fingerprint density at radius 2 is 2.05 bits per heavy atom. The van der Waals surface area contributed by atoms with Crippen LogP contribution in [0.1, 0.15) is 36.5 Å². The van der Waals surface area contributed by atoms with Crippen LogP contribution < -0.4 is 10.1 Å². The Morgan fingerprint density at radius 3 is 2.67 bits per heavy atom. The van der Waals surface area contributed by atoms with Crippen LogP contribution in [-0.4, -0.2) is 18.1 Å². The van der Waals surface area contributed by atoms with Gasteiger partial charge in [-0.2, -0.15) is 0 Å². The first-order valence-electron chi connectivity index (χ1n) is 7.53.